The van der Waals surface area contributed by atoms with Crippen LogP contribution in [0.1, 0.15) is 65.1 Å². The number of Topliss-reactive ketones (excluding diaryl/α,β-unsaturated/α-hetero) is 2. The first-order valence-corrected chi connectivity index (χ1v) is 24.5. The number of halogens is 5. The second kappa shape index (κ2) is 27.2. The Hall–Kier alpha value is -6.43. The number of anilines is 4. The molecule has 0 aliphatic carbocycles. The molecule has 0 fully saturated rings. The number of ether oxygens (including phenoxy) is 2. The first kappa shape index (κ1) is 55.5. The Balaban J connectivity index is 1.29. The number of rotatable bonds is 24. The maximum Gasteiger partial charge on any atom is 0.258 e. The SMILES string of the molecule is CCOc1cccc(NC(=O)c2cccc(N=NC(C(C)=O)C(=O)Nc3ccc(NC(=O)C(N=Nc4cccc(C(=O)Nc5cccc(OCC)c5CCCl)c4Cl)C(C)=O)c(CCCl)c3)c2Cl)c1CCCl. The van der Waals surface area contributed by atoms with Gasteiger partial charge in [0.25, 0.3) is 23.6 Å². The molecule has 5 aromatic rings. The number of benzene rings is 5. The maximum absolute atomic E-state index is 13.6. The van der Waals surface area contributed by atoms with Gasteiger partial charge in [-0.15, -0.1) is 34.8 Å². The van der Waals surface area contributed by atoms with Crippen LogP contribution in [-0.2, 0) is 38.4 Å². The number of amides is 4. The van der Waals surface area contributed by atoms with Crippen LogP contribution in [0.25, 0.3) is 0 Å². The van der Waals surface area contributed by atoms with Crippen molar-refractivity contribution in [3.8, 4) is 11.5 Å². The fourth-order valence-electron chi connectivity index (χ4n) is 6.97. The maximum atomic E-state index is 13.6. The number of carbonyl (C=O) groups is 6. The lowest BCUT2D eigenvalue weighted by molar-refractivity contribution is -0.127. The summed E-state index contributed by atoms with van der Waals surface area (Å²) in [4.78, 5) is 79.6. The van der Waals surface area contributed by atoms with Gasteiger partial charge in [0.05, 0.1) is 34.4 Å². The van der Waals surface area contributed by atoms with E-state index in [4.69, 9.17) is 67.5 Å². The van der Waals surface area contributed by atoms with E-state index in [-0.39, 0.29) is 68.0 Å². The number of nitrogens with one attached hydrogen (secondary N) is 4. The molecule has 21 heteroatoms. The van der Waals surface area contributed by atoms with Crippen molar-refractivity contribution in [1.29, 1.82) is 0 Å². The standard InChI is InChI=1S/C50H49Cl5N8O8/c1-5-70-41-17-9-13-37(32(41)22-25-52)58-47(66)34-11-7-15-39(43(34)54)60-62-45(28(3)64)49(68)56-31-19-20-36(30(27-31)21-24-51)57-50(69)46(29(4)65)63-61-40-16-8-12-35(44(40)55)48(67)59-38-14-10-18-42(71-6-2)33(38)23-26-53/h7-20,27,45-46H,5-6,21-26H2,1-4H3,(H,56,68)(H,57,69)(H,58,66)(H,59,67). The summed E-state index contributed by atoms with van der Waals surface area (Å²) < 4.78 is 11.4. The lowest BCUT2D eigenvalue weighted by Crippen LogP contribution is -2.32. The number of ketones is 2. The molecule has 0 radical (unpaired) electrons. The molecule has 71 heavy (non-hydrogen) atoms. The molecule has 0 bridgehead atoms. The summed E-state index contributed by atoms with van der Waals surface area (Å²) in [5, 5.41) is 27.0. The third-order valence-corrected chi connectivity index (χ3v) is 11.7. The van der Waals surface area contributed by atoms with E-state index in [1.54, 1.807) is 36.4 Å². The van der Waals surface area contributed by atoms with Crippen molar-refractivity contribution in [2.75, 3.05) is 52.1 Å². The largest absolute Gasteiger partial charge is 0.494 e. The van der Waals surface area contributed by atoms with Crippen molar-refractivity contribution in [3.05, 3.63) is 129 Å². The third kappa shape index (κ3) is 14.8. The minimum Gasteiger partial charge on any atom is -0.494 e. The Bertz CT molecular complexity index is 2850. The Labute approximate surface area is 435 Å². The molecule has 16 nitrogen and oxygen atoms in total. The van der Waals surface area contributed by atoms with Gasteiger partial charge in [0.15, 0.2) is 11.6 Å². The monoisotopic (exact) mass is 1060 g/mol. The van der Waals surface area contributed by atoms with E-state index in [2.05, 4.69) is 41.7 Å². The van der Waals surface area contributed by atoms with Crippen molar-refractivity contribution in [2.24, 2.45) is 20.5 Å². The van der Waals surface area contributed by atoms with E-state index in [9.17, 15) is 28.8 Å². The minimum absolute atomic E-state index is 0.0192. The quantitative estimate of drug-likeness (QED) is 0.0264. The molecule has 5 aromatic carbocycles. The minimum atomic E-state index is -1.64. The number of aryl methyl sites for hydroxylation is 1. The van der Waals surface area contributed by atoms with Gasteiger partial charge in [0.2, 0.25) is 12.1 Å². The predicted octanol–water partition coefficient (Wildman–Crippen LogP) is 12.0. The molecule has 0 spiro atoms. The summed E-state index contributed by atoms with van der Waals surface area (Å²) in [6.45, 7) is 6.84. The van der Waals surface area contributed by atoms with Gasteiger partial charge < -0.3 is 30.7 Å². The molecule has 4 N–H and O–H groups in total. The number of carbonyl (C=O) groups excluding carboxylic acids is 6. The summed E-state index contributed by atoms with van der Waals surface area (Å²) in [5.41, 5.74) is 3.45. The lowest BCUT2D eigenvalue weighted by Gasteiger charge is -2.16. The Morgan fingerprint density at radius 1 is 0.535 bits per heavy atom. The average molecular weight is 1070 g/mol. The Morgan fingerprint density at radius 2 is 0.972 bits per heavy atom. The van der Waals surface area contributed by atoms with Gasteiger partial charge in [-0.25, -0.2) is 0 Å². The van der Waals surface area contributed by atoms with Crippen molar-refractivity contribution in [3.63, 3.8) is 0 Å². The number of azo groups is 2. The van der Waals surface area contributed by atoms with E-state index in [0.29, 0.717) is 65.6 Å². The zero-order valence-corrected chi connectivity index (χ0v) is 42.7. The summed E-state index contributed by atoms with van der Waals surface area (Å²) in [7, 11) is 0. The highest BCUT2D eigenvalue weighted by Crippen LogP contribution is 2.34. The number of alkyl halides is 3. The van der Waals surface area contributed by atoms with Crippen LogP contribution in [0.15, 0.2) is 111 Å². The van der Waals surface area contributed by atoms with Crippen molar-refractivity contribution < 1.29 is 38.2 Å². The molecule has 2 atom stereocenters. The van der Waals surface area contributed by atoms with Gasteiger partial charge in [-0.2, -0.15) is 20.5 Å². The summed E-state index contributed by atoms with van der Waals surface area (Å²) in [6, 6.07) is 20.6. The van der Waals surface area contributed by atoms with Gasteiger partial charge in [0.1, 0.15) is 22.9 Å². The van der Waals surface area contributed by atoms with E-state index >= 15 is 0 Å². The summed E-state index contributed by atoms with van der Waals surface area (Å²) in [6.07, 6.45) is 1.05. The third-order valence-electron chi connectivity index (χ3n) is 10.3. The lowest BCUT2D eigenvalue weighted by atomic mass is 10.1. The molecule has 0 aliphatic heterocycles. The van der Waals surface area contributed by atoms with E-state index in [1.165, 1.54) is 54.6 Å². The van der Waals surface area contributed by atoms with E-state index in [1.807, 2.05) is 13.8 Å². The zero-order valence-electron chi connectivity index (χ0n) is 38.9. The van der Waals surface area contributed by atoms with Crippen LogP contribution in [0.3, 0.4) is 0 Å². The average Bonchev–Trinajstić information content (AvgIpc) is 3.33. The fraction of sp³-hybridized carbons (Fsp3) is 0.280. The van der Waals surface area contributed by atoms with E-state index in [0.717, 1.165) is 13.8 Å². The molecule has 0 aliphatic rings. The van der Waals surface area contributed by atoms with Crippen LogP contribution in [-0.4, -0.2) is 78.1 Å². The van der Waals surface area contributed by atoms with Gasteiger partial charge in [-0.3, -0.25) is 28.8 Å². The van der Waals surface area contributed by atoms with Crippen LogP contribution < -0.4 is 30.7 Å². The van der Waals surface area contributed by atoms with Crippen molar-refractivity contribution in [2.45, 2.75) is 59.0 Å². The van der Waals surface area contributed by atoms with E-state index < -0.39 is 47.3 Å². The van der Waals surface area contributed by atoms with Crippen LogP contribution in [0.4, 0.5) is 34.1 Å². The highest BCUT2D eigenvalue weighted by molar-refractivity contribution is 6.37. The number of hydrogen-bond donors (Lipinski definition) is 4. The highest BCUT2D eigenvalue weighted by Gasteiger charge is 2.27. The zero-order chi connectivity index (χ0) is 51.6. The normalized spacial score (nSPS) is 12.0. The molecule has 4 amide bonds. The van der Waals surface area contributed by atoms with Crippen LogP contribution in [0.2, 0.25) is 10.0 Å². The van der Waals surface area contributed by atoms with Crippen molar-refractivity contribution in [1.82, 2.24) is 0 Å². The Morgan fingerprint density at radius 3 is 1.39 bits per heavy atom. The van der Waals surface area contributed by atoms with Gasteiger partial charge in [-0.1, -0.05) is 47.5 Å². The summed E-state index contributed by atoms with van der Waals surface area (Å²) in [5.74, 6) is -2.27. The summed E-state index contributed by atoms with van der Waals surface area (Å²) >= 11 is 31.5. The molecule has 0 heterocycles. The predicted molar refractivity (Wildman–Crippen MR) is 279 cm³/mol. The molecular formula is C50H49Cl5N8O8. The molecule has 0 aromatic heterocycles. The van der Waals surface area contributed by atoms with Gasteiger partial charge >= 0.3 is 0 Å². The molecule has 372 valence electrons. The van der Waals surface area contributed by atoms with Gasteiger partial charge in [0, 0.05) is 51.5 Å². The highest BCUT2D eigenvalue weighted by atomic mass is 35.5. The molecule has 0 saturated carbocycles. The first-order valence-electron chi connectivity index (χ1n) is 22.1. The fourth-order valence-corrected chi connectivity index (χ4v) is 8.05. The smallest absolute Gasteiger partial charge is 0.258 e. The number of nitrogens with zero attached hydrogens (tertiary/aromatic N) is 4. The molecule has 5 rings (SSSR count). The topological polar surface area (TPSA) is 218 Å². The second-order valence-electron chi connectivity index (χ2n) is 15.2. The molecular weight excluding hydrogens is 1020 g/mol. The van der Waals surface area contributed by atoms with Crippen LogP contribution in [0, 0.1) is 0 Å². The Kier molecular flexibility index (Phi) is 21.3. The van der Waals surface area contributed by atoms with Crippen LogP contribution >= 0.6 is 58.0 Å². The van der Waals surface area contributed by atoms with Crippen molar-refractivity contribution >= 4 is 127 Å². The first-order chi connectivity index (χ1) is 34.1. The molecule has 2 unspecified atom stereocenters. The second-order valence-corrected chi connectivity index (χ2v) is 17.1. The molecule has 0 saturated heterocycles. The van der Waals surface area contributed by atoms with Crippen LogP contribution in [0.5, 0.6) is 11.5 Å². The number of hydrogen-bond acceptors (Lipinski definition) is 12. The van der Waals surface area contributed by atoms with Gasteiger partial charge in [-0.05, 0) is 119 Å².